The molecule has 0 atom stereocenters. The van der Waals surface area contributed by atoms with Crippen molar-refractivity contribution in [3.63, 3.8) is 0 Å². The minimum absolute atomic E-state index is 0.112. The second kappa shape index (κ2) is 10.4. The number of nitrogens with zero attached hydrogens (tertiary/aromatic N) is 1. The summed E-state index contributed by atoms with van der Waals surface area (Å²) < 4.78 is 46.6. The molecule has 2 amide bonds. The summed E-state index contributed by atoms with van der Waals surface area (Å²) in [7, 11) is -4.19. The Balaban J connectivity index is 1.61. The minimum atomic E-state index is -4.19. The molecule has 0 fully saturated rings. The number of amides is 2. The zero-order valence-electron chi connectivity index (χ0n) is 17.6. The SMILES string of the molecule is NOOSc1ccc2cc(=O)n(-c3ccc(NC(=O)NS(=O)(=O)c4ccc(Cl)s4)cc3F)c(O)c2c1. The zero-order chi connectivity index (χ0) is 26.0. The lowest BCUT2D eigenvalue weighted by Gasteiger charge is -2.14. The van der Waals surface area contributed by atoms with Crippen molar-refractivity contribution in [1.29, 1.82) is 0 Å². The van der Waals surface area contributed by atoms with E-state index in [2.05, 4.69) is 14.6 Å². The number of pyridine rings is 1. The van der Waals surface area contributed by atoms with Crippen LogP contribution in [-0.2, 0) is 19.3 Å². The van der Waals surface area contributed by atoms with Crippen LogP contribution < -0.4 is 21.5 Å². The number of aromatic hydroxyl groups is 1. The van der Waals surface area contributed by atoms with Crippen molar-refractivity contribution in [3.05, 3.63) is 75.1 Å². The highest BCUT2D eigenvalue weighted by atomic mass is 35.5. The Kier molecular flexibility index (Phi) is 7.51. The van der Waals surface area contributed by atoms with Gasteiger partial charge in [-0.2, -0.15) is 5.90 Å². The highest BCUT2D eigenvalue weighted by Crippen LogP contribution is 2.31. The summed E-state index contributed by atoms with van der Waals surface area (Å²) in [4.78, 5) is 29.3. The van der Waals surface area contributed by atoms with Gasteiger partial charge in [-0.1, -0.05) is 17.7 Å². The predicted octanol–water partition coefficient (Wildman–Crippen LogP) is 3.89. The van der Waals surface area contributed by atoms with Crippen molar-refractivity contribution in [1.82, 2.24) is 9.29 Å². The van der Waals surface area contributed by atoms with Crippen LogP contribution in [-0.4, -0.2) is 24.1 Å². The molecule has 16 heteroatoms. The first-order valence-corrected chi connectivity index (χ1v) is 13.0. The highest BCUT2D eigenvalue weighted by molar-refractivity contribution is 7.94. The zero-order valence-corrected chi connectivity index (χ0v) is 20.8. The van der Waals surface area contributed by atoms with Crippen molar-refractivity contribution in [2.75, 3.05) is 5.32 Å². The van der Waals surface area contributed by atoms with Gasteiger partial charge in [0.15, 0.2) is 0 Å². The van der Waals surface area contributed by atoms with Gasteiger partial charge in [-0.15, -0.1) is 20.7 Å². The van der Waals surface area contributed by atoms with E-state index in [1.165, 1.54) is 30.3 Å². The van der Waals surface area contributed by atoms with E-state index in [9.17, 15) is 27.5 Å². The van der Waals surface area contributed by atoms with Crippen LogP contribution in [0, 0.1) is 5.82 Å². The van der Waals surface area contributed by atoms with Crippen LogP contribution in [0.25, 0.3) is 16.5 Å². The number of nitrogens with two attached hydrogens (primary N) is 1. The lowest BCUT2D eigenvalue weighted by atomic mass is 10.1. The van der Waals surface area contributed by atoms with Crippen LogP contribution in [0.1, 0.15) is 0 Å². The van der Waals surface area contributed by atoms with Gasteiger partial charge in [0.05, 0.1) is 22.1 Å². The molecule has 2 aromatic carbocycles. The molecular weight excluding hydrogens is 559 g/mol. The van der Waals surface area contributed by atoms with E-state index in [1.54, 1.807) is 16.9 Å². The third-order valence-corrected chi connectivity index (χ3v) is 8.28. The fraction of sp³-hybridized carbons (Fsp3) is 0. The largest absolute Gasteiger partial charge is 0.494 e. The molecule has 2 aromatic heterocycles. The van der Waals surface area contributed by atoms with Gasteiger partial charge in [-0.25, -0.2) is 26.9 Å². The van der Waals surface area contributed by atoms with Gasteiger partial charge in [-0.3, -0.25) is 4.79 Å². The molecule has 2 heterocycles. The van der Waals surface area contributed by atoms with Gasteiger partial charge in [0.2, 0.25) is 5.88 Å². The van der Waals surface area contributed by atoms with Gasteiger partial charge in [0, 0.05) is 22.0 Å². The number of carbonyl (C=O) groups excluding carboxylic acids is 1. The van der Waals surface area contributed by atoms with E-state index in [0.29, 0.717) is 10.3 Å². The van der Waals surface area contributed by atoms with Crippen molar-refractivity contribution in [2.45, 2.75) is 9.10 Å². The third kappa shape index (κ3) is 5.46. The van der Waals surface area contributed by atoms with E-state index in [-0.39, 0.29) is 25.3 Å². The summed E-state index contributed by atoms with van der Waals surface area (Å²) in [6, 6.07) is 10.5. The molecule has 0 saturated carbocycles. The maximum atomic E-state index is 15.0. The normalized spacial score (nSPS) is 11.5. The average molecular weight is 573 g/mol. The molecule has 0 spiro atoms. The van der Waals surface area contributed by atoms with Crippen LogP contribution in [0.15, 0.2) is 68.5 Å². The lowest BCUT2D eigenvalue weighted by Crippen LogP contribution is -2.34. The second-order valence-corrected chi connectivity index (χ2v) is 11.3. The number of fused-ring (bicyclic) bond motifs is 1. The van der Waals surface area contributed by atoms with E-state index >= 15 is 0 Å². The monoisotopic (exact) mass is 572 g/mol. The molecule has 0 bridgehead atoms. The van der Waals surface area contributed by atoms with E-state index in [0.717, 1.165) is 40.1 Å². The van der Waals surface area contributed by atoms with E-state index < -0.39 is 33.3 Å². The molecule has 0 unspecified atom stereocenters. The Hall–Kier alpha value is -3.18. The summed E-state index contributed by atoms with van der Waals surface area (Å²) in [6.07, 6.45) is 0. The maximum absolute atomic E-state index is 15.0. The highest BCUT2D eigenvalue weighted by Gasteiger charge is 2.21. The van der Waals surface area contributed by atoms with Gasteiger partial charge in [0.1, 0.15) is 10.0 Å². The topological polar surface area (TPSA) is 162 Å². The fourth-order valence-electron chi connectivity index (χ4n) is 3.16. The Labute approximate surface area is 215 Å². The first-order valence-electron chi connectivity index (χ1n) is 9.57. The second-order valence-electron chi connectivity index (χ2n) is 6.92. The molecule has 0 aliphatic carbocycles. The van der Waals surface area contributed by atoms with Crippen molar-refractivity contribution in [2.24, 2.45) is 5.90 Å². The molecule has 36 heavy (non-hydrogen) atoms. The number of benzene rings is 2. The van der Waals surface area contributed by atoms with E-state index in [1.807, 2.05) is 0 Å². The van der Waals surface area contributed by atoms with E-state index in [4.69, 9.17) is 17.5 Å². The summed E-state index contributed by atoms with van der Waals surface area (Å²) in [5.74, 6) is 3.28. The van der Waals surface area contributed by atoms with Crippen molar-refractivity contribution in [3.8, 4) is 11.6 Å². The number of hydrogen-bond acceptors (Lipinski definition) is 10. The predicted molar refractivity (Wildman–Crippen MR) is 132 cm³/mol. The molecular formula is C20H14ClFN4O7S3. The van der Waals surface area contributed by atoms with Crippen molar-refractivity contribution >= 4 is 67.5 Å². The van der Waals surface area contributed by atoms with Crippen molar-refractivity contribution < 1.29 is 32.0 Å². The quantitative estimate of drug-likeness (QED) is 0.146. The molecule has 0 aliphatic heterocycles. The fourth-order valence-corrected chi connectivity index (χ4v) is 5.96. The van der Waals surface area contributed by atoms with Crippen LogP contribution in [0.4, 0.5) is 14.9 Å². The Morgan fingerprint density at radius 3 is 2.61 bits per heavy atom. The van der Waals surface area contributed by atoms with Gasteiger partial charge in [0.25, 0.3) is 15.6 Å². The lowest BCUT2D eigenvalue weighted by molar-refractivity contribution is -0.195. The molecule has 0 aliphatic rings. The smallest absolute Gasteiger partial charge is 0.333 e. The first kappa shape index (κ1) is 25.9. The van der Waals surface area contributed by atoms with Gasteiger partial charge >= 0.3 is 6.03 Å². The van der Waals surface area contributed by atoms with Gasteiger partial charge < -0.3 is 10.4 Å². The molecule has 188 valence electrons. The number of urea groups is 1. The number of nitrogens with one attached hydrogen (secondary N) is 2. The van der Waals surface area contributed by atoms with Crippen LogP contribution in [0.3, 0.4) is 0 Å². The third-order valence-electron chi connectivity index (χ3n) is 4.63. The summed E-state index contributed by atoms with van der Waals surface area (Å²) in [5, 5.41) is 13.5. The van der Waals surface area contributed by atoms with Crippen LogP contribution >= 0.6 is 35.0 Å². The van der Waals surface area contributed by atoms with Crippen LogP contribution in [0.2, 0.25) is 4.34 Å². The first-order chi connectivity index (χ1) is 17.1. The number of rotatable bonds is 7. The number of carbonyl (C=O) groups is 1. The Morgan fingerprint density at radius 2 is 1.94 bits per heavy atom. The molecule has 4 rings (SSSR count). The standard InChI is InChI=1S/C20H14ClFN4O7S3/c21-16-5-6-18(34-16)36(30,31)25-20(29)24-11-2-4-15(14(22)8-11)26-17(27)7-10-1-3-12(35-33-32-23)9-13(10)19(26)28/h1-9,28H,23H2,(H2,24,25,29). The number of aromatic nitrogens is 1. The molecule has 4 aromatic rings. The summed E-state index contributed by atoms with van der Waals surface area (Å²) >= 11 is 7.22. The maximum Gasteiger partial charge on any atom is 0.333 e. The number of anilines is 1. The molecule has 0 saturated heterocycles. The van der Waals surface area contributed by atoms with Crippen LogP contribution in [0.5, 0.6) is 5.88 Å². The summed E-state index contributed by atoms with van der Waals surface area (Å²) in [6.45, 7) is 0. The van der Waals surface area contributed by atoms with Gasteiger partial charge in [-0.05, 0) is 47.9 Å². The number of hydrogen-bond donors (Lipinski definition) is 4. The molecule has 0 radical (unpaired) electrons. The number of sulfonamides is 1. The Morgan fingerprint density at radius 1 is 1.17 bits per heavy atom. The average Bonchev–Trinajstić information content (AvgIpc) is 3.26. The molecule has 5 N–H and O–H groups in total. The number of halogens is 2. The number of thiophene rings is 1. The Bertz CT molecular complexity index is 1640. The molecule has 11 nitrogen and oxygen atoms in total. The summed E-state index contributed by atoms with van der Waals surface area (Å²) in [5.41, 5.74) is -1.15. The minimum Gasteiger partial charge on any atom is -0.494 e.